The van der Waals surface area contributed by atoms with Gasteiger partial charge in [-0.25, -0.2) is 0 Å². The third-order valence-corrected chi connectivity index (χ3v) is 6.00. The lowest BCUT2D eigenvalue weighted by atomic mass is 9.93. The Balaban J connectivity index is 1.58. The number of likely N-dealkylation sites (N-methyl/N-ethyl adjacent to an activating group) is 2. The van der Waals surface area contributed by atoms with Crippen LogP contribution in [0.5, 0.6) is 0 Å². The van der Waals surface area contributed by atoms with E-state index in [4.69, 9.17) is 0 Å². The summed E-state index contributed by atoms with van der Waals surface area (Å²) in [5.74, 6) is 6.23. The van der Waals surface area contributed by atoms with Crippen molar-refractivity contribution in [3.8, 4) is 11.8 Å². The van der Waals surface area contributed by atoms with Crippen molar-refractivity contribution in [3.63, 3.8) is 0 Å². The number of benzene rings is 2. The summed E-state index contributed by atoms with van der Waals surface area (Å²) in [5.41, 5.74) is 5.85. The second kappa shape index (κ2) is 11.1. The van der Waals surface area contributed by atoms with Crippen LogP contribution < -0.4 is 16.1 Å². The van der Waals surface area contributed by atoms with E-state index in [0.29, 0.717) is 11.6 Å². The summed E-state index contributed by atoms with van der Waals surface area (Å²) in [6, 6.07) is 16.1. The van der Waals surface area contributed by atoms with E-state index in [1.807, 2.05) is 31.2 Å². The highest BCUT2D eigenvalue weighted by molar-refractivity contribution is 5.94. The van der Waals surface area contributed by atoms with Gasteiger partial charge in [0.25, 0.3) is 5.91 Å². The Morgan fingerprint density at radius 3 is 2.16 bits per heavy atom. The van der Waals surface area contributed by atoms with Crippen molar-refractivity contribution in [2.24, 2.45) is 0 Å². The third-order valence-electron chi connectivity index (χ3n) is 6.00. The van der Waals surface area contributed by atoms with Gasteiger partial charge in [0.15, 0.2) is 0 Å². The van der Waals surface area contributed by atoms with Crippen LogP contribution in [0.1, 0.15) is 53.2 Å². The van der Waals surface area contributed by atoms with E-state index in [1.165, 1.54) is 24.8 Å². The molecule has 3 rings (SSSR count). The van der Waals surface area contributed by atoms with Crippen LogP contribution in [0.15, 0.2) is 48.5 Å². The van der Waals surface area contributed by atoms with Gasteiger partial charge in [-0.2, -0.15) is 5.48 Å². The van der Waals surface area contributed by atoms with Gasteiger partial charge in [-0.3, -0.25) is 4.79 Å². The molecule has 0 heterocycles. The van der Waals surface area contributed by atoms with Gasteiger partial charge in [0.05, 0.1) is 6.04 Å². The fourth-order valence-electron chi connectivity index (χ4n) is 3.45. The molecule has 0 radical (unpaired) electrons. The summed E-state index contributed by atoms with van der Waals surface area (Å²) in [4.78, 5) is 14.3. The van der Waals surface area contributed by atoms with E-state index in [2.05, 4.69) is 40.1 Å². The predicted octanol–water partition coefficient (Wildman–Crippen LogP) is 2.71. The van der Waals surface area contributed by atoms with Crippen LogP contribution in [-0.4, -0.2) is 48.4 Å². The summed E-state index contributed by atoms with van der Waals surface area (Å²) < 4.78 is 0. The number of hydrogen-bond donors (Lipinski definition) is 4. The van der Waals surface area contributed by atoms with Gasteiger partial charge in [0.1, 0.15) is 6.17 Å². The van der Waals surface area contributed by atoms with Crippen molar-refractivity contribution in [1.29, 1.82) is 0 Å². The smallest absolute Gasteiger partial charge is 0.253 e. The molecule has 2 atom stereocenters. The second-order valence-electron chi connectivity index (χ2n) is 8.09. The zero-order chi connectivity index (χ0) is 22.2. The molecular formula is C25H32N4O2. The Labute approximate surface area is 185 Å². The first-order valence-corrected chi connectivity index (χ1v) is 10.8. The molecule has 6 heteroatoms. The quantitative estimate of drug-likeness (QED) is 0.300. The van der Waals surface area contributed by atoms with Gasteiger partial charge in [0, 0.05) is 36.3 Å². The summed E-state index contributed by atoms with van der Waals surface area (Å²) in [5, 5.41) is 15.7. The fraction of sp³-hybridized carbons (Fsp3) is 0.400. The maximum Gasteiger partial charge on any atom is 0.253 e. The first kappa shape index (κ1) is 23.0. The van der Waals surface area contributed by atoms with Gasteiger partial charge < -0.3 is 20.7 Å². The minimum atomic E-state index is -0.417. The number of rotatable bonds is 8. The number of nitrogens with zero attached hydrogens (tertiary/aromatic N) is 1. The Morgan fingerprint density at radius 2 is 1.68 bits per heavy atom. The molecule has 0 aliphatic heterocycles. The van der Waals surface area contributed by atoms with E-state index in [-0.39, 0.29) is 11.9 Å². The maximum absolute atomic E-state index is 12.7. The number of hydroxylamine groups is 1. The molecule has 4 N–H and O–H groups in total. The number of nitrogens with one attached hydrogen (secondary N) is 3. The molecule has 1 amide bonds. The molecule has 1 fully saturated rings. The van der Waals surface area contributed by atoms with E-state index in [1.54, 1.807) is 31.1 Å². The highest BCUT2D eigenvalue weighted by Gasteiger charge is 2.23. The van der Waals surface area contributed by atoms with Gasteiger partial charge in [-0.1, -0.05) is 30.4 Å². The molecule has 2 unspecified atom stereocenters. The molecule has 6 nitrogen and oxygen atoms in total. The van der Waals surface area contributed by atoms with E-state index in [9.17, 15) is 10.0 Å². The Bertz CT molecular complexity index is 907. The number of carbonyl (C=O) groups excluding carboxylic acids is 1. The Kier molecular flexibility index (Phi) is 8.21. The van der Waals surface area contributed by atoms with E-state index in [0.717, 1.165) is 17.7 Å². The zero-order valence-electron chi connectivity index (χ0n) is 18.5. The van der Waals surface area contributed by atoms with Crippen LogP contribution in [0, 0.1) is 11.8 Å². The van der Waals surface area contributed by atoms with Crippen LogP contribution in [-0.2, 0) is 6.54 Å². The van der Waals surface area contributed by atoms with Crippen molar-refractivity contribution in [2.45, 2.75) is 51.0 Å². The molecule has 1 saturated carbocycles. The topological polar surface area (TPSA) is 76.6 Å². The normalized spacial score (nSPS) is 15.4. The summed E-state index contributed by atoms with van der Waals surface area (Å²) >= 11 is 0. The highest BCUT2D eigenvalue weighted by atomic mass is 16.5. The lowest BCUT2D eigenvalue weighted by molar-refractivity contribution is 0.0493. The van der Waals surface area contributed by atoms with Crippen LogP contribution >= 0.6 is 0 Å². The Hall–Kier alpha value is -2.69. The summed E-state index contributed by atoms with van der Waals surface area (Å²) in [7, 11) is 3.43. The maximum atomic E-state index is 12.7. The molecule has 1 aliphatic carbocycles. The van der Waals surface area contributed by atoms with Gasteiger partial charge in [-0.05, 0) is 68.8 Å². The Morgan fingerprint density at radius 1 is 1.10 bits per heavy atom. The molecule has 164 valence electrons. The van der Waals surface area contributed by atoms with Crippen LogP contribution in [0.2, 0.25) is 0 Å². The van der Waals surface area contributed by atoms with Gasteiger partial charge in [-0.15, -0.1) is 0 Å². The first-order valence-electron chi connectivity index (χ1n) is 10.8. The minimum Gasteiger partial charge on any atom is -0.336 e. The average Bonchev–Trinajstić information content (AvgIpc) is 2.77. The van der Waals surface area contributed by atoms with Crippen molar-refractivity contribution in [2.75, 3.05) is 14.1 Å². The van der Waals surface area contributed by atoms with Crippen LogP contribution in [0.25, 0.3) is 0 Å². The molecule has 0 aromatic heterocycles. The zero-order valence-corrected chi connectivity index (χ0v) is 18.5. The fourth-order valence-corrected chi connectivity index (χ4v) is 3.45. The predicted molar refractivity (Wildman–Crippen MR) is 123 cm³/mol. The largest absolute Gasteiger partial charge is 0.336 e. The molecule has 0 saturated heterocycles. The van der Waals surface area contributed by atoms with Gasteiger partial charge >= 0.3 is 0 Å². The second-order valence-corrected chi connectivity index (χ2v) is 8.09. The molecule has 2 aromatic rings. The highest BCUT2D eigenvalue weighted by Crippen LogP contribution is 2.18. The summed E-state index contributed by atoms with van der Waals surface area (Å²) in [6.07, 6.45) is 3.51. The molecule has 0 spiro atoms. The molecular weight excluding hydrogens is 388 g/mol. The lowest BCUT2D eigenvalue weighted by Gasteiger charge is -2.30. The number of hydrogen-bond acceptors (Lipinski definition) is 5. The third kappa shape index (κ3) is 6.16. The van der Waals surface area contributed by atoms with E-state index >= 15 is 0 Å². The first-order chi connectivity index (χ1) is 15.0. The molecule has 31 heavy (non-hydrogen) atoms. The molecule has 2 aromatic carbocycles. The summed E-state index contributed by atoms with van der Waals surface area (Å²) in [6.45, 7) is 2.77. The van der Waals surface area contributed by atoms with Crippen molar-refractivity contribution in [1.82, 2.24) is 21.0 Å². The van der Waals surface area contributed by atoms with Crippen LogP contribution in [0.4, 0.5) is 0 Å². The molecule has 0 bridgehead atoms. The van der Waals surface area contributed by atoms with Crippen molar-refractivity contribution < 1.29 is 10.0 Å². The van der Waals surface area contributed by atoms with E-state index < -0.39 is 6.17 Å². The standard InChI is InChI=1S/C25H32N4O2/c1-18(24(26-2)28-31)29(3)25(30)22-15-13-20(14-16-22)8-7-19-9-11-21(12-10-19)17-27-23-5-4-6-23/h9-16,18,23-24,26-28,31H,4-6,17H2,1-3H3. The average molecular weight is 421 g/mol. The monoisotopic (exact) mass is 420 g/mol. The van der Waals surface area contributed by atoms with Gasteiger partial charge in [0.2, 0.25) is 0 Å². The minimum absolute atomic E-state index is 0.117. The van der Waals surface area contributed by atoms with Crippen molar-refractivity contribution in [3.05, 3.63) is 70.8 Å². The number of amides is 1. The van der Waals surface area contributed by atoms with Crippen LogP contribution in [0.3, 0.4) is 0 Å². The molecule has 1 aliphatic rings. The SMILES string of the molecule is CNC(NO)C(C)N(C)C(=O)c1ccc(C#Cc2ccc(CNC3CCC3)cc2)cc1. The lowest BCUT2D eigenvalue weighted by Crippen LogP contribution is -2.54. The van der Waals surface area contributed by atoms with Crippen molar-refractivity contribution >= 4 is 5.91 Å². The number of carbonyl (C=O) groups is 1.